The van der Waals surface area contributed by atoms with Gasteiger partial charge in [-0.2, -0.15) is 5.10 Å². The van der Waals surface area contributed by atoms with Gasteiger partial charge in [0.15, 0.2) is 0 Å². The SMILES string of the molecule is CC(C)CN1CCC2(CC1)NC(=O)C[C@@H]2c1cnn(C)c1. The largest absolute Gasteiger partial charge is 0.350 e. The number of hydrogen-bond acceptors (Lipinski definition) is 3. The van der Waals surface area contributed by atoms with E-state index in [1.807, 2.05) is 17.9 Å². The van der Waals surface area contributed by atoms with E-state index in [0.717, 1.165) is 32.5 Å². The van der Waals surface area contributed by atoms with E-state index in [2.05, 4.69) is 35.4 Å². The van der Waals surface area contributed by atoms with E-state index < -0.39 is 0 Å². The Labute approximate surface area is 126 Å². The molecule has 5 nitrogen and oxygen atoms in total. The van der Waals surface area contributed by atoms with Crippen LogP contribution in [0.1, 0.15) is 44.6 Å². The lowest BCUT2D eigenvalue weighted by molar-refractivity contribution is -0.120. The van der Waals surface area contributed by atoms with Crippen molar-refractivity contribution in [3.63, 3.8) is 0 Å². The summed E-state index contributed by atoms with van der Waals surface area (Å²) in [5, 5.41) is 7.58. The molecule has 0 aromatic carbocycles. The average Bonchev–Trinajstić information content (AvgIpc) is 2.96. The van der Waals surface area contributed by atoms with Gasteiger partial charge in [0.05, 0.1) is 6.20 Å². The lowest BCUT2D eigenvalue weighted by atomic mass is 9.75. The molecule has 0 unspecified atom stereocenters. The summed E-state index contributed by atoms with van der Waals surface area (Å²) in [6.45, 7) is 7.84. The Hall–Kier alpha value is -1.36. The standard InChI is InChI=1S/C16H26N4O/c1-12(2)10-20-6-4-16(5-7-20)14(8-15(21)18-16)13-9-17-19(3)11-13/h9,11-12,14H,4-8,10H2,1-3H3,(H,18,21)/t14-/m1/s1. The van der Waals surface area contributed by atoms with E-state index in [1.54, 1.807) is 0 Å². The Balaban J connectivity index is 1.75. The minimum Gasteiger partial charge on any atom is -0.350 e. The van der Waals surface area contributed by atoms with Gasteiger partial charge < -0.3 is 10.2 Å². The molecular formula is C16H26N4O. The predicted octanol–water partition coefficient (Wildman–Crippen LogP) is 1.51. The van der Waals surface area contributed by atoms with Crippen molar-refractivity contribution in [1.82, 2.24) is 20.0 Å². The molecule has 2 aliphatic heterocycles. The Morgan fingerprint density at radius 2 is 2.14 bits per heavy atom. The molecule has 2 aliphatic rings. The topological polar surface area (TPSA) is 50.2 Å². The minimum atomic E-state index is -0.0480. The lowest BCUT2D eigenvalue weighted by Gasteiger charge is -2.43. The number of carbonyl (C=O) groups excluding carboxylic acids is 1. The van der Waals surface area contributed by atoms with Gasteiger partial charge in [-0.1, -0.05) is 13.8 Å². The third-order valence-electron chi connectivity index (χ3n) is 4.94. The van der Waals surface area contributed by atoms with Gasteiger partial charge in [0.2, 0.25) is 5.91 Å². The second-order valence-electron chi connectivity index (χ2n) is 7.10. The number of carbonyl (C=O) groups is 1. The molecule has 2 fully saturated rings. The van der Waals surface area contributed by atoms with E-state index in [0.29, 0.717) is 12.3 Å². The van der Waals surface area contributed by atoms with Crippen molar-refractivity contribution in [2.24, 2.45) is 13.0 Å². The number of rotatable bonds is 3. The van der Waals surface area contributed by atoms with Crippen LogP contribution in [0.4, 0.5) is 0 Å². The number of nitrogens with one attached hydrogen (secondary N) is 1. The molecule has 0 radical (unpaired) electrons. The van der Waals surface area contributed by atoms with Crippen LogP contribution in [0.15, 0.2) is 12.4 Å². The molecule has 2 saturated heterocycles. The average molecular weight is 290 g/mol. The van der Waals surface area contributed by atoms with Crippen LogP contribution in [0.2, 0.25) is 0 Å². The van der Waals surface area contributed by atoms with Gasteiger partial charge in [-0.05, 0) is 24.3 Å². The fourth-order valence-electron chi connectivity index (χ4n) is 3.98. The van der Waals surface area contributed by atoms with Crippen molar-refractivity contribution < 1.29 is 4.79 Å². The Kier molecular flexibility index (Phi) is 3.78. The number of aromatic nitrogens is 2. The molecule has 5 heteroatoms. The second kappa shape index (κ2) is 5.44. The van der Waals surface area contributed by atoms with Crippen LogP contribution in [-0.4, -0.2) is 45.8 Å². The monoisotopic (exact) mass is 290 g/mol. The van der Waals surface area contributed by atoms with Gasteiger partial charge in [0, 0.05) is 50.8 Å². The molecule has 1 N–H and O–H groups in total. The smallest absolute Gasteiger partial charge is 0.221 e. The van der Waals surface area contributed by atoms with Crippen molar-refractivity contribution in [1.29, 1.82) is 0 Å². The fraction of sp³-hybridized carbons (Fsp3) is 0.750. The van der Waals surface area contributed by atoms with Crippen molar-refractivity contribution in [3.05, 3.63) is 18.0 Å². The van der Waals surface area contributed by atoms with E-state index in [9.17, 15) is 4.79 Å². The van der Waals surface area contributed by atoms with Crippen molar-refractivity contribution in [2.45, 2.75) is 44.6 Å². The molecule has 3 heterocycles. The quantitative estimate of drug-likeness (QED) is 0.918. The number of amides is 1. The van der Waals surface area contributed by atoms with E-state index in [1.165, 1.54) is 5.56 Å². The maximum absolute atomic E-state index is 12.0. The van der Waals surface area contributed by atoms with Crippen LogP contribution in [0.5, 0.6) is 0 Å². The van der Waals surface area contributed by atoms with Gasteiger partial charge in [0.25, 0.3) is 0 Å². The van der Waals surface area contributed by atoms with Crippen LogP contribution in [0, 0.1) is 5.92 Å². The molecule has 1 atom stereocenters. The highest BCUT2D eigenvalue weighted by Gasteiger charge is 2.48. The molecule has 1 spiro atoms. The molecule has 116 valence electrons. The van der Waals surface area contributed by atoms with Crippen molar-refractivity contribution >= 4 is 5.91 Å². The first-order valence-electron chi connectivity index (χ1n) is 8.00. The number of aryl methyl sites for hydroxylation is 1. The zero-order valence-corrected chi connectivity index (χ0v) is 13.3. The second-order valence-corrected chi connectivity index (χ2v) is 7.10. The summed E-state index contributed by atoms with van der Waals surface area (Å²) in [5.41, 5.74) is 1.15. The Morgan fingerprint density at radius 1 is 1.43 bits per heavy atom. The Bertz CT molecular complexity index is 514. The molecule has 0 aliphatic carbocycles. The Morgan fingerprint density at radius 3 is 2.71 bits per heavy atom. The summed E-state index contributed by atoms with van der Waals surface area (Å²) in [6, 6.07) is 0. The van der Waals surface area contributed by atoms with Gasteiger partial charge in [-0.3, -0.25) is 9.48 Å². The van der Waals surface area contributed by atoms with Gasteiger partial charge >= 0.3 is 0 Å². The molecule has 1 amide bonds. The third-order valence-corrected chi connectivity index (χ3v) is 4.94. The molecule has 1 aromatic heterocycles. The van der Waals surface area contributed by atoms with Crippen LogP contribution >= 0.6 is 0 Å². The summed E-state index contributed by atoms with van der Waals surface area (Å²) < 4.78 is 1.83. The van der Waals surface area contributed by atoms with Gasteiger partial charge in [0.1, 0.15) is 0 Å². The van der Waals surface area contributed by atoms with Crippen LogP contribution in [0.25, 0.3) is 0 Å². The first-order valence-corrected chi connectivity index (χ1v) is 8.00. The van der Waals surface area contributed by atoms with E-state index in [4.69, 9.17) is 0 Å². The zero-order chi connectivity index (χ0) is 15.0. The zero-order valence-electron chi connectivity index (χ0n) is 13.3. The summed E-state index contributed by atoms with van der Waals surface area (Å²) in [6.07, 6.45) is 6.69. The van der Waals surface area contributed by atoms with Crippen LogP contribution < -0.4 is 5.32 Å². The predicted molar refractivity (Wildman–Crippen MR) is 82.0 cm³/mol. The highest BCUT2D eigenvalue weighted by molar-refractivity contribution is 5.81. The third kappa shape index (κ3) is 2.84. The maximum Gasteiger partial charge on any atom is 0.221 e. The maximum atomic E-state index is 12.0. The summed E-state index contributed by atoms with van der Waals surface area (Å²) in [7, 11) is 1.94. The first kappa shape index (κ1) is 14.6. The van der Waals surface area contributed by atoms with Crippen molar-refractivity contribution in [3.8, 4) is 0 Å². The molecule has 1 aromatic rings. The highest BCUT2D eigenvalue weighted by atomic mass is 16.2. The molecule has 0 saturated carbocycles. The van der Waals surface area contributed by atoms with Crippen LogP contribution in [0.3, 0.4) is 0 Å². The number of hydrogen-bond donors (Lipinski definition) is 1. The first-order chi connectivity index (χ1) is 9.98. The minimum absolute atomic E-state index is 0.0480. The molecule has 0 bridgehead atoms. The van der Waals surface area contributed by atoms with E-state index >= 15 is 0 Å². The highest BCUT2D eigenvalue weighted by Crippen LogP contribution is 2.42. The lowest BCUT2D eigenvalue weighted by Crippen LogP contribution is -2.53. The van der Waals surface area contributed by atoms with E-state index in [-0.39, 0.29) is 17.4 Å². The summed E-state index contributed by atoms with van der Waals surface area (Å²) >= 11 is 0. The van der Waals surface area contributed by atoms with Gasteiger partial charge in [-0.25, -0.2) is 0 Å². The van der Waals surface area contributed by atoms with Gasteiger partial charge in [-0.15, -0.1) is 0 Å². The molecule has 21 heavy (non-hydrogen) atoms. The number of nitrogens with zero attached hydrogens (tertiary/aromatic N) is 3. The number of likely N-dealkylation sites (tertiary alicyclic amines) is 1. The summed E-state index contributed by atoms with van der Waals surface area (Å²) in [4.78, 5) is 14.5. The van der Waals surface area contributed by atoms with Crippen molar-refractivity contribution in [2.75, 3.05) is 19.6 Å². The number of piperidine rings is 1. The molecule has 3 rings (SSSR count). The molecular weight excluding hydrogens is 264 g/mol. The fourth-order valence-corrected chi connectivity index (χ4v) is 3.98. The normalized spacial score (nSPS) is 25.7. The summed E-state index contributed by atoms with van der Waals surface area (Å²) in [5.74, 6) is 1.17. The van der Waals surface area contributed by atoms with Crippen LogP contribution in [-0.2, 0) is 11.8 Å².